The van der Waals surface area contributed by atoms with Crippen LogP contribution in [0.25, 0.3) is 0 Å². The van der Waals surface area contributed by atoms with Crippen molar-refractivity contribution in [3.63, 3.8) is 0 Å². The Morgan fingerprint density at radius 3 is 2.45 bits per heavy atom. The molecule has 0 spiro atoms. The van der Waals surface area contributed by atoms with E-state index in [-0.39, 0.29) is 16.8 Å². The van der Waals surface area contributed by atoms with Gasteiger partial charge in [-0.25, -0.2) is 13.1 Å². The van der Waals surface area contributed by atoms with Gasteiger partial charge >= 0.3 is 0 Å². The van der Waals surface area contributed by atoms with Gasteiger partial charge in [0.1, 0.15) is 0 Å². The zero-order valence-corrected chi connectivity index (χ0v) is 17.7. The lowest BCUT2D eigenvalue weighted by molar-refractivity contribution is 0.102. The summed E-state index contributed by atoms with van der Waals surface area (Å²) in [7, 11) is -3.58. The topological polar surface area (TPSA) is 75.3 Å². The van der Waals surface area contributed by atoms with Crippen LogP contribution in [-0.4, -0.2) is 20.4 Å². The van der Waals surface area contributed by atoms with E-state index < -0.39 is 10.0 Å². The highest BCUT2D eigenvalue weighted by Gasteiger charge is 2.42. The summed E-state index contributed by atoms with van der Waals surface area (Å²) in [6, 6.07) is 13.6. The molecule has 29 heavy (non-hydrogen) atoms. The minimum absolute atomic E-state index is 0.0593. The summed E-state index contributed by atoms with van der Waals surface area (Å²) in [4.78, 5) is 12.6. The highest BCUT2D eigenvalue weighted by molar-refractivity contribution is 7.89. The van der Waals surface area contributed by atoms with Crippen molar-refractivity contribution >= 4 is 21.6 Å². The van der Waals surface area contributed by atoms with Crippen molar-refractivity contribution in [1.82, 2.24) is 4.72 Å². The van der Waals surface area contributed by atoms with Gasteiger partial charge in [0.15, 0.2) is 0 Å². The first-order chi connectivity index (χ1) is 13.8. The molecule has 2 fully saturated rings. The Hall–Kier alpha value is -2.18. The summed E-state index contributed by atoms with van der Waals surface area (Å²) in [6.45, 7) is 3.92. The van der Waals surface area contributed by atoms with Crippen LogP contribution >= 0.6 is 0 Å². The van der Waals surface area contributed by atoms with Crippen molar-refractivity contribution in [2.24, 2.45) is 17.8 Å². The van der Waals surface area contributed by atoms with E-state index in [9.17, 15) is 13.2 Å². The van der Waals surface area contributed by atoms with Gasteiger partial charge < -0.3 is 5.32 Å². The Kier molecular flexibility index (Phi) is 5.49. The Labute approximate surface area is 173 Å². The van der Waals surface area contributed by atoms with Gasteiger partial charge in [0, 0.05) is 17.3 Å². The molecule has 2 aromatic carbocycles. The molecule has 4 rings (SSSR count). The van der Waals surface area contributed by atoms with E-state index in [1.165, 1.54) is 19.3 Å². The molecule has 0 heterocycles. The second-order valence-corrected chi connectivity index (χ2v) is 10.3. The van der Waals surface area contributed by atoms with Crippen molar-refractivity contribution in [3.8, 4) is 0 Å². The second-order valence-electron chi connectivity index (χ2n) is 8.60. The number of carbonyl (C=O) groups excluding carboxylic acids is 1. The molecule has 2 N–H and O–H groups in total. The average molecular weight is 413 g/mol. The molecule has 2 aliphatic rings. The van der Waals surface area contributed by atoms with Crippen LogP contribution in [0.4, 0.5) is 5.69 Å². The van der Waals surface area contributed by atoms with Crippen LogP contribution in [0, 0.1) is 24.7 Å². The van der Waals surface area contributed by atoms with Crippen LogP contribution in [0.5, 0.6) is 0 Å². The number of hydrogen-bond donors (Lipinski definition) is 2. The molecule has 4 atom stereocenters. The van der Waals surface area contributed by atoms with Crippen LogP contribution in [0.2, 0.25) is 0 Å². The van der Waals surface area contributed by atoms with Gasteiger partial charge in [0.05, 0.1) is 4.90 Å². The van der Waals surface area contributed by atoms with E-state index in [4.69, 9.17) is 0 Å². The lowest BCUT2D eigenvalue weighted by Crippen LogP contribution is -2.40. The minimum Gasteiger partial charge on any atom is -0.322 e. The zero-order valence-electron chi connectivity index (χ0n) is 16.9. The normalized spacial score (nSPS) is 24.4. The summed E-state index contributed by atoms with van der Waals surface area (Å²) in [5.41, 5.74) is 2.15. The van der Waals surface area contributed by atoms with Crippen LogP contribution in [0.15, 0.2) is 53.4 Å². The molecule has 0 aromatic heterocycles. The van der Waals surface area contributed by atoms with Crippen molar-refractivity contribution < 1.29 is 13.2 Å². The molecule has 0 aliphatic heterocycles. The first-order valence-corrected chi connectivity index (χ1v) is 11.8. The molecule has 5 nitrogen and oxygen atoms in total. The molecule has 0 unspecified atom stereocenters. The van der Waals surface area contributed by atoms with Gasteiger partial charge in [0.25, 0.3) is 5.91 Å². The molecule has 2 saturated carbocycles. The quantitative estimate of drug-likeness (QED) is 0.741. The van der Waals surface area contributed by atoms with Gasteiger partial charge in [-0.1, -0.05) is 24.1 Å². The molecular formula is C23H28N2O3S. The van der Waals surface area contributed by atoms with Gasteiger partial charge in [-0.3, -0.25) is 4.79 Å². The first kappa shape index (κ1) is 20.1. The number of rotatable bonds is 6. The Bertz CT molecular complexity index is 1000. The number of amides is 1. The maximum Gasteiger partial charge on any atom is 0.255 e. The molecular weight excluding hydrogens is 384 g/mol. The summed E-state index contributed by atoms with van der Waals surface area (Å²) in [5, 5.41) is 2.81. The molecule has 2 aromatic rings. The molecule has 154 valence electrons. The highest BCUT2D eigenvalue weighted by atomic mass is 32.2. The number of fused-ring (bicyclic) bond motifs is 2. The fourth-order valence-corrected chi connectivity index (χ4v) is 6.31. The lowest BCUT2D eigenvalue weighted by Gasteiger charge is -2.28. The zero-order chi connectivity index (χ0) is 20.6. The average Bonchev–Trinajstić information content (AvgIpc) is 3.32. The second kappa shape index (κ2) is 7.92. The minimum atomic E-state index is -3.58. The van der Waals surface area contributed by atoms with E-state index in [2.05, 4.69) is 10.0 Å². The smallest absolute Gasteiger partial charge is 0.255 e. The molecule has 2 aliphatic carbocycles. The number of carbonyl (C=O) groups is 1. The first-order valence-electron chi connectivity index (χ1n) is 10.3. The Morgan fingerprint density at radius 1 is 1.07 bits per heavy atom. The van der Waals surface area contributed by atoms with Crippen molar-refractivity contribution in [2.45, 2.75) is 50.5 Å². The highest BCUT2D eigenvalue weighted by Crippen LogP contribution is 2.49. The summed E-state index contributed by atoms with van der Waals surface area (Å²) >= 11 is 0. The predicted molar refractivity (Wildman–Crippen MR) is 114 cm³/mol. The monoisotopic (exact) mass is 412 g/mol. The lowest BCUT2D eigenvalue weighted by atomic mass is 9.84. The number of benzene rings is 2. The van der Waals surface area contributed by atoms with Crippen molar-refractivity contribution in [1.29, 1.82) is 0 Å². The predicted octanol–water partition coefficient (Wildman–Crippen LogP) is 4.35. The van der Waals surface area contributed by atoms with Crippen LogP contribution in [-0.2, 0) is 10.0 Å². The van der Waals surface area contributed by atoms with Crippen LogP contribution in [0.1, 0.15) is 48.5 Å². The fourth-order valence-electron chi connectivity index (χ4n) is 5.01. The van der Waals surface area contributed by atoms with Crippen molar-refractivity contribution in [3.05, 3.63) is 59.7 Å². The van der Waals surface area contributed by atoms with E-state index in [0.717, 1.165) is 17.9 Å². The van der Waals surface area contributed by atoms with Gasteiger partial charge in [-0.05, 0) is 87.3 Å². The van der Waals surface area contributed by atoms with E-state index in [1.54, 1.807) is 30.3 Å². The maximum absolute atomic E-state index is 12.8. The van der Waals surface area contributed by atoms with Crippen LogP contribution < -0.4 is 10.0 Å². The fraction of sp³-hybridized carbons (Fsp3) is 0.435. The van der Waals surface area contributed by atoms with E-state index in [0.29, 0.717) is 23.1 Å². The number of hydrogen-bond acceptors (Lipinski definition) is 3. The van der Waals surface area contributed by atoms with Gasteiger partial charge in [-0.15, -0.1) is 0 Å². The van der Waals surface area contributed by atoms with Gasteiger partial charge in [0.2, 0.25) is 10.0 Å². The maximum atomic E-state index is 12.8. The van der Waals surface area contributed by atoms with Crippen molar-refractivity contribution in [2.75, 3.05) is 5.32 Å². The SMILES string of the molecule is Cc1cccc(C(=O)Nc2ccc(S(=O)(=O)N[C@@H](C)[C@@H]3C[C@H]4CC[C@H]3C4)cc2)c1. The largest absolute Gasteiger partial charge is 0.322 e. The Morgan fingerprint density at radius 2 is 1.83 bits per heavy atom. The third-order valence-electron chi connectivity index (χ3n) is 6.48. The van der Waals surface area contributed by atoms with E-state index >= 15 is 0 Å². The van der Waals surface area contributed by atoms with Gasteiger partial charge in [-0.2, -0.15) is 0 Å². The summed E-state index contributed by atoms with van der Waals surface area (Å²) < 4.78 is 28.5. The Balaban J connectivity index is 1.40. The molecule has 2 bridgehead atoms. The standard InChI is InChI=1S/C23H28N2O3S/c1-15-4-3-5-19(12-15)23(26)24-20-8-10-21(11-9-20)29(27,28)25-16(2)22-14-17-6-7-18(22)13-17/h3-5,8-12,16-18,22,25H,6-7,13-14H2,1-2H3,(H,24,26)/t16-,17-,18-,22-/m0/s1. The third kappa shape index (κ3) is 4.38. The molecule has 0 radical (unpaired) electrons. The molecule has 1 amide bonds. The number of anilines is 1. The number of aryl methyl sites for hydroxylation is 1. The van der Waals surface area contributed by atoms with E-state index in [1.807, 2.05) is 32.0 Å². The summed E-state index contributed by atoms with van der Waals surface area (Å²) in [5.74, 6) is 1.67. The molecule has 6 heteroatoms. The summed E-state index contributed by atoms with van der Waals surface area (Å²) in [6.07, 6.45) is 4.93. The third-order valence-corrected chi connectivity index (χ3v) is 8.05. The molecule has 0 saturated heterocycles. The number of sulfonamides is 1. The number of nitrogens with one attached hydrogen (secondary N) is 2. The van der Waals surface area contributed by atoms with Crippen LogP contribution in [0.3, 0.4) is 0 Å².